The zero-order valence-electron chi connectivity index (χ0n) is 7.69. The first-order chi connectivity index (χ1) is 6.31. The Kier molecular flexibility index (Phi) is 2.22. The van der Waals surface area contributed by atoms with Crippen LogP contribution in [0, 0.1) is 5.92 Å². The van der Waals surface area contributed by atoms with Crippen LogP contribution in [0.2, 0.25) is 0 Å². The highest BCUT2D eigenvalue weighted by molar-refractivity contribution is 5.26. The second kappa shape index (κ2) is 3.38. The van der Waals surface area contributed by atoms with E-state index in [4.69, 9.17) is 11.5 Å². The molecule has 1 aromatic heterocycles. The summed E-state index contributed by atoms with van der Waals surface area (Å²) in [6.45, 7) is 0.789. The number of rotatable bonds is 2. The summed E-state index contributed by atoms with van der Waals surface area (Å²) in [6, 6.07) is 2.32. The van der Waals surface area contributed by atoms with Gasteiger partial charge in [-0.2, -0.15) is 5.10 Å². The Hall–Kier alpha value is -1.03. The van der Waals surface area contributed by atoms with Crippen molar-refractivity contribution in [2.75, 3.05) is 12.3 Å². The number of hydrogen-bond donors (Lipinski definition) is 2. The van der Waals surface area contributed by atoms with Gasteiger partial charge in [0, 0.05) is 0 Å². The first-order valence-corrected chi connectivity index (χ1v) is 4.80. The Bertz CT molecular complexity index is 281. The third kappa shape index (κ3) is 1.54. The van der Waals surface area contributed by atoms with Gasteiger partial charge in [0.2, 0.25) is 0 Å². The van der Waals surface area contributed by atoms with Gasteiger partial charge in [0.1, 0.15) is 5.82 Å². The summed E-state index contributed by atoms with van der Waals surface area (Å²) in [6.07, 6.45) is 5.25. The maximum absolute atomic E-state index is 5.78. The topological polar surface area (TPSA) is 69.9 Å². The van der Waals surface area contributed by atoms with Crippen LogP contribution >= 0.6 is 0 Å². The Morgan fingerprint density at radius 3 is 2.92 bits per heavy atom. The van der Waals surface area contributed by atoms with Crippen LogP contribution in [0.15, 0.2) is 12.3 Å². The minimum Gasteiger partial charge on any atom is -0.384 e. The lowest BCUT2D eigenvalue weighted by Crippen LogP contribution is -2.13. The molecule has 2 unspecified atom stereocenters. The highest BCUT2D eigenvalue weighted by Crippen LogP contribution is 2.34. The predicted octanol–water partition coefficient (Wildman–Crippen LogP) is 0.765. The monoisotopic (exact) mass is 180 g/mol. The smallest absolute Gasteiger partial charge is 0.121 e. The number of aromatic nitrogens is 2. The van der Waals surface area contributed by atoms with Crippen LogP contribution in [0.3, 0.4) is 0 Å². The number of nitrogens with two attached hydrogens (primary N) is 2. The fourth-order valence-corrected chi connectivity index (χ4v) is 2.11. The molecule has 13 heavy (non-hydrogen) atoms. The van der Waals surface area contributed by atoms with Crippen molar-refractivity contribution in [3.63, 3.8) is 0 Å². The maximum Gasteiger partial charge on any atom is 0.121 e. The molecule has 0 bridgehead atoms. The highest BCUT2D eigenvalue weighted by atomic mass is 15.3. The molecule has 2 atom stereocenters. The second-order valence-corrected chi connectivity index (χ2v) is 3.77. The third-order valence-corrected chi connectivity index (χ3v) is 2.89. The third-order valence-electron chi connectivity index (χ3n) is 2.89. The van der Waals surface area contributed by atoms with E-state index in [0.29, 0.717) is 12.0 Å². The van der Waals surface area contributed by atoms with Crippen LogP contribution in [0.4, 0.5) is 5.82 Å². The van der Waals surface area contributed by atoms with Crippen LogP contribution in [-0.2, 0) is 0 Å². The first-order valence-electron chi connectivity index (χ1n) is 4.80. The Balaban J connectivity index is 2.08. The van der Waals surface area contributed by atoms with Crippen molar-refractivity contribution in [1.29, 1.82) is 0 Å². The van der Waals surface area contributed by atoms with Gasteiger partial charge < -0.3 is 11.5 Å². The lowest BCUT2D eigenvalue weighted by atomic mass is 10.1. The molecule has 0 aliphatic heterocycles. The van der Waals surface area contributed by atoms with Crippen molar-refractivity contribution in [3.05, 3.63) is 12.3 Å². The molecule has 0 aromatic carbocycles. The van der Waals surface area contributed by atoms with Crippen LogP contribution in [-0.4, -0.2) is 16.3 Å². The standard InChI is InChI=1S/C9H16N4/c10-6-7-1-2-8(5-7)13-9(11)3-4-12-13/h3-4,7-8H,1-2,5-6,10-11H2. The largest absolute Gasteiger partial charge is 0.384 e. The summed E-state index contributed by atoms with van der Waals surface area (Å²) in [5.41, 5.74) is 11.4. The zero-order valence-corrected chi connectivity index (χ0v) is 7.69. The molecule has 0 amide bonds. The van der Waals surface area contributed by atoms with Gasteiger partial charge >= 0.3 is 0 Å². The summed E-state index contributed by atoms with van der Waals surface area (Å²) in [5, 5.41) is 4.22. The molecule has 1 fully saturated rings. The molecule has 0 radical (unpaired) electrons. The van der Waals surface area contributed by atoms with E-state index < -0.39 is 0 Å². The van der Waals surface area contributed by atoms with E-state index in [-0.39, 0.29) is 0 Å². The molecular weight excluding hydrogens is 164 g/mol. The van der Waals surface area contributed by atoms with Crippen molar-refractivity contribution in [2.45, 2.75) is 25.3 Å². The van der Waals surface area contributed by atoms with Gasteiger partial charge in [0.15, 0.2) is 0 Å². The van der Waals surface area contributed by atoms with Gasteiger partial charge in [0.05, 0.1) is 12.2 Å². The van der Waals surface area contributed by atoms with Crippen LogP contribution in [0.1, 0.15) is 25.3 Å². The van der Waals surface area contributed by atoms with E-state index in [0.717, 1.165) is 25.2 Å². The molecule has 0 spiro atoms. The summed E-state index contributed by atoms with van der Waals surface area (Å²) >= 11 is 0. The number of hydrogen-bond acceptors (Lipinski definition) is 3. The Morgan fingerprint density at radius 2 is 2.38 bits per heavy atom. The van der Waals surface area contributed by atoms with Gasteiger partial charge in [-0.05, 0) is 37.8 Å². The minimum atomic E-state index is 0.476. The van der Waals surface area contributed by atoms with E-state index in [9.17, 15) is 0 Å². The average Bonchev–Trinajstić information content (AvgIpc) is 2.71. The molecule has 1 aliphatic carbocycles. The molecule has 1 aromatic rings. The molecular formula is C9H16N4. The first kappa shape index (κ1) is 8.56. The fraction of sp³-hybridized carbons (Fsp3) is 0.667. The molecule has 0 saturated heterocycles. The molecule has 4 nitrogen and oxygen atoms in total. The predicted molar refractivity (Wildman–Crippen MR) is 52.1 cm³/mol. The van der Waals surface area contributed by atoms with E-state index in [1.54, 1.807) is 6.20 Å². The summed E-state index contributed by atoms with van der Waals surface area (Å²) in [7, 11) is 0. The number of nitrogen functional groups attached to an aromatic ring is 1. The minimum absolute atomic E-state index is 0.476. The second-order valence-electron chi connectivity index (χ2n) is 3.77. The SMILES string of the molecule is NCC1CCC(n2nccc2N)C1. The summed E-state index contributed by atoms with van der Waals surface area (Å²) < 4.78 is 1.93. The van der Waals surface area contributed by atoms with Crippen LogP contribution < -0.4 is 11.5 Å². The van der Waals surface area contributed by atoms with Crippen molar-refractivity contribution < 1.29 is 0 Å². The highest BCUT2D eigenvalue weighted by Gasteiger charge is 2.25. The van der Waals surface area contributed by atoms with Crippen molar-refractivity contribution in [2.24, 2.45) is 11.7 Å². The van der Waals surface area contributed by atoms with E-state index in [2.05, 4.69) is 5.10 Å². The lowest BCUT2D eigenvalue weighted by Gasteiger charge is -2.12. The molecule has 1 heterocycles. The van der Waals surface area contributed by atoms with Crippen molar-refractivity contribution in [3.8, 4) is 0 Å². The molecule has 4 N–H and O–H groups in total. The van der Waals surface area contributed by atoms with Gasteiger partial charge in [-0.1, -0.05) is 0 Å². The molecule has 1 saturated carbocycles. The van der Waals surface area contributed by atoms with Crippen LogP contribution in [0.5, 0.6) is 0 Å². The Morgan fingerprint density at radius 1 is 1.54 bits per heavy atom. The molecule has 4 heteroatoms. The summed E-state index contributed by atoms with van der Waals surface area (Å²) in [4.78, 5) is 0. The average molecular weight is 180 g/mol. The fourth-order valence-electron chi connectivity index (χ4n) is 2.11. The number of nitrogens with zero attached hydrogens (tertiary/aromatic N) is 2. The zero-order chi connectivity index (χ0) is 9.26. The molecule has 2 rings (SSSR count). The normalized spacial score (nSPS) is 28.1. The Labute approximate surface area is 77.9 Å². The van der Waals surface area contributed by atoms with Gasteiger partial charge in [0.25, 0.3) is 0 Å². The van der Waals surface area contributed by atoms with E-state index in [1.807, 2.05) is 10.7 Å². The molecule has 72 valence electrons. The summed E-state index contributed by atoms with van der Waals surface area (Å²) in [5.74, 6) is 1.43. The molecule has 1 aliphatic rings. The van der Waals surface area contributed by atoms with Gasteiger partial charge in [-0.15, -0.1) is 0 Å². The van der Waals surface area contributed by atoms with E-state index >= 15 is 0 Å². The number of anilines is 1. The van der Waals surface area contributed by atoms with Crippen molar-refractivity contribution in [1.82, 2.24) is 9.78 Å². The van der Waals surface area contributed by atoms with E-state index in [1.165, 1.54) is 6.42 Å². The maximum atomic E-state index is 5.78. The van der Waals surface area contributed by atoms with Crippen molar-refractivity contribution >= 4 is 5.82 Å². The lowest BCUT2D eigenvalue weighted by molar-refractivity contribution is 0.449. The van der Waals surface area contributed by atoms with Crippen LogP contribution in [0.25, 0.3) is 0 Å². The quantitative estimate of drug-likeness (QED) is 0.706. The van der Waals surface area contributed by atoms with Gasteiger partial charge in [-0.25, -0.2) is 4.68 Å². The van der Waals surface area contributed by atoms with Gasteiger partial charge in [-0.3, -0.25) is 0 Å².